The number of nitrogens with zero attached hydrogens (tertiary/aromatic N) is 2. The van der Waals surface area contributed by atoms with E-state index in [1.165, 1.54) is 6.07 Å². The third kappa shape index (κ3) is 5.12. The minimum Gasteiger partial charge on any atom is -0.470 e. The number of halogens is 1. The summed E-state index contributed by atoms with van der Waals surface area (Å²) in [6, 6.07) is 11.2. The Morgan fingerprint density at radius 1 is 0.949 bits per heavy atom. The molecule has 3 aromatic rings. The molecule has 3 N–H and O–H groups in total. The topological polar surface area (TPSA) is 101 Å². The number of pyridine rings is 1. The van der Waals surface area contributed by atoms with Gasteiger partial charge >= 0.3 is 0 Å². The highest BCUT2D eigenvalue weighted by molar-refractivity contribution is 5.81. The van der Waals surface area contributed by atoms with E-state index in [0.29, 0.717) is 41.4 Å². The van der Waals surface area contributed by atoms with Crippen molar-refractivity contribution >= 4 is 16.7 Å². The maximum Gasteiger partial charge on any atom is 0.193 e. The van der Waals surface area contributed by atoms with E-state index in [1.807, 2.05) is 24.3 Å². The van der Waals surface area contributed by atoms with Crippen LogP contribution in [-0.4, -0.2) is 91.1 Å². The highest BCUT2D eigenvalue weighted by atomic mass is 19.1. The van der Waals surface area contributed by atoms with Crippen LogP contribution in [0.25, 0.3) is 22.3 Å². The summed E-state index contributed by atoms with van der Waals surface area (Å²) in [5.41, 5.74) is 3.34. The molecule has 39 heavy (non-hydrogen) atoms. The fourth-order valence-corrected chi connectivity index (χ4v) is 6.26. The molecule has 10 heteroatoms. The maximum atomic E-state index is 15.1. The molecule has 4 fully saturated rings. The van der Waals surface area contributed by atoms with Crippen molar-refractivity contribution in [3.8, 4) is 17.1 Å². The molecule has 0 radical (unpaired) electrons. The van der Waals surface area contributed by atoms with E-state index in [4.69, 9.17) is 18.9 Å². The predicted molar refractivity (Wildman–Crippen MR) is 144 cm³/mol. The monoisotopic (exact) mass is 538 g/mol. The van der Waals surface area contributed by atoms with Crippen LogP contribution in [0.15, 0.2) is 36.4 Å². The first kappa shape index (κ1) is 25.2. The van der Waals surface area contributed by atoms with Crippen molar-refractivity contribution in [1.82, 2.24) is 15.3 Å². The molecule has 2 aromatic heterocycles. The second-order valence-electron chi connectivity index (χ2n) is 11.0. The van der Waals surface area contributed by atoms with E-state index in [0.717, 1.165) is 63.1 Å². The lowest BCUT2D eigenvalue weighted by Crippen LogP contribution is -2.40. The van der Waals surface area contributed by atoms with E-state index < -0.39 is 11.9 Å². The van der Waals surface area contributed by atoms with Gasteiger partial charge in [-0.2, -0.15) is 0 Å². The molecule has 4 saturated heterocycles. The average molecular weight is 539 g/mol. The minimum atomic E-state index is -0.638. The van der Waals surface area contributed by atoms with Gasteiger partial charge in [-0.25, -0.2) is 9.37 Å². The summed E-state index contributed by atoms with van der Waals surface area (Å²) in [5, 5.41) is 13.3. The number of aromatic amines is 1. The Morgan fingerprint density at radius 2 is 1.69 bits per heavy atom. The van der Waals surface area contributed by atoms with Crippen molar-refractivity contribution in [2.45, 2.75) is 62.3 Å². The number of piperidine rings is 2. The largest absolute Gasteiger partial charge is 0.470 e. The van der Waals surface area contributed by atoms with E-state index in [-0.39, 0.29) is 24.9 Å². The smallest absolute Gasteiger partial charge is 0.193 e. The molecule has 0 amide bonds. The van der Waals surface area contributed by atoms with Crippen LogP contribution in [-0.2, 0) is 14.2 Å². The highest BCUT2D eigenvalue weighted by Gasteiger charge is 2.48. The SMILES string of the molecule is O[C@@H]1CO[C@H]2[C@@H]1OC[C@H]2Oc1cc2nc(-c3ccc(N4CCC(OC5CCNCC5)CC4)cc3)c(F)cc2[nH]1. The fourth-order valence-electron chi connectivity index (χ4n) is 6.26. The van der Waals surface area contributed by atoms with Crippen LogP contribution in [0.4, 0.5) is 10.1 Å². The first-order valence-corrected chi connectivity index (χ1v) is 14.1. The van der Waals surface area contributed by atoms with E-state index in [1.54, 1.807) is 6.07 Å². The van der Waals surface area contributed by atoms with Gasteiger partial charge in [0.1, 0.15) is 24.0 Å². The van der Waals surface area contributed by atoms with Gasteiger partial charge in [-0.1, -0.05) is 12.1 Å². The Labute approximate surface area is 226 Å². The molecule has 208 valence electrons. The lowest BCUT2D eigenvalue weighted by Gasteiger charge is -2.36. The first-order valence-electron chi connectivity index (χ1n) is 14.1. The number of rotatable bonds is 6. The summed E-state index contributed by atoms with van der Waals surface area (Å²) < 4.78 is 38.8. The van der Waals surface area contributed by atoms with Gasteiger partial charge < -0.3 is 39.3 Å². The number of aliphatic hydroxyl groups is 1. The van der Waals surface area contributed by atoms with Crippen LogP contribution in [0.3, 0.4) is 0 Å². The van der Waals surface area contributed by atoms with Crippen molar-refractivity contribution in [3.05, 3.63) is 42.2 Å². The maximum absolute atomic E-state index is 15.1. The zero-order valence-electron chi connectivity index (χ0n) is 21.9. The second-order valence-corrected chi connectivity index (χ2v) is 11.0. The van der Waals surface area contributed by atoms with Gasteiger partial charge in [0.05, 0.1) is 36.5 Å². The highest BCUT2D eigenvalue weighted by Crippen LogP contribution is 2.33. The van der Waals surface area contributed by atoms with Gasteiger partial charge in [0.15, 0.2) is 17.8 Å². The zero-order chi connectivity index (χ0) is 26.3. The van der Waals surface area contributed by atoms with Gasteiger partial charge in [0.2, 0.25) is 0 Å². The van der Waals surface area contributed by atoms with Crippen molar-refractivity contribution < 1.29 is 28.4 Å². The number of nitrogens with one attached hydrogen (secondary N) is 2. The number of anilines is 1. The average Bonchev–Trinajstić information content (AvgIpc) is 3.66. The third-order valence-electron chi connectivity index (χ3n) is 8.41. The molecule has 1 aromatic carbocycles. The summed E-state index contributed by atoms with van der Waals surface area (Å²) >= 11 is 0. The first-order chi connectivity index (χ1) is 19.1. The summed E-state index contributed by atoms with van der Waals surface area (Å²) in [4.78, 5) is 10.1. The van der Waals surface area contributed by atoms with Crippen LogP contribution >= 0.6 is 0 Å². The van der Waals surface area contributed by atoms with E-state index in [9.17, 15) is 5.11 Å². The summed E-state index contributed by atoms with van der Waals surface area (Å²) in [7, 11) is 0. The van der Waals surface area contributed by atoms with Gasteiger partial charge in [-0.3, -0.25) is 0 Å². The number of aliphatic hydroxyl groups excluding tert-OH is 1. The number of benzene rings is 1. The number of hydrogen-bond donors (Lipinski definition) is 3. The number of ether oxygens (including phenoxy) is 4. The van der Waals surface area contributed by atoms with Gasteiger partial charge in [0.25, 0.3) is 0 Å². The van der Waals surface area contributed by atoms with Gasteiger partial charge in [-0.05, 0) is 50.9 Å². The van der Waals surface area contributed by atoms with Crippen molar-refractivity contribution in [3.63, 3.8) is 0 Å². The Kier molecular flexibility index (Phi) is 6.90. The Hall–Kier alpha value is -2.76. The molecule has 0 saturated carbocycles. The molecule has 0 bridgehead atoms. The number of aromatic nitrogens is 2. The second kappa shape index (κ2) is 10.7. The summed E-state index contributed by atoms with van der Waals surface area (Å²) in [5.74, 6) is 0.0715. The molecular formula is C29H35FN4O5. The van der Waals surface area contributed by atoms with Gasteiger partial charge in [0, 0.05) is 36.5 Å². The van der Waals surface area contributed by atoms with Crippen LogP contribution < -0.4 is 15.0 Å². The van der Waals surface area contributed by atoms with Crippen molar-refractivity contribution in [1.29, 1.82) is 0 Å². The van der Waals surface area contributed by atoms with Crippen LogP contribution in [0.2, 0.25) is 0 Å². The molecule has 4 atom stereocenters. The molecule has 0 aliphatic carbocycles. The van der Waals surface area contributed by atoms with E-state index >= 15 is 4.39 Å². The van der Waals surface area contributed by atoms with Crippen LogP contribution in [0.1, 0.15) is 25.7 Å². The minimum absolute atomic E-state index is 0.238. The summed E-state index contributed by atoms with van der Waals surface area (Å²) in [6.07, 6.45) is 3.31. The molecule has 9 nitrogen and oxygen atoms in total. The molecule has 0 unspecified atom stereocenters. The van der Waals surface area contributed by atoms with Gasteiger partial charge in [-0.15, -0.1) is 0 Å². The molecular weight excluding hydrogens is 503 g/mol. The molecule has 6 heterocycles. The molecule has 7 rings (SSSR count). The Morgan fingerprint density at radius 3 is 2.49 bits per heavy atom. The van der Waals surface area contributed by atoms with Crippen molar-refractivity contribution in [2.75, 3.05) is 44.3 Å². The Balaban J connectivity index is 1.00. The molecule has 4 aliphatic heterocycles. The van der Waals surface area contributed by atoms with E-state index in [2.05, 4.69) is 20.2 Å². The summed E-state index contributed by atoms with van der Waals surface area (Å²) in [6.45, 7) is 4.57. The quantitative estimate of drug-likeness (QED) is 0.441. The van der Waals surface area contributed by atoms with Crippen molar-refractivity contribution in [2.24, 2.45) is 0 Å². The molecule has 4 aliphatic rings. The number of hydrogen-bond acceptors (Lipinski definition) is 8. The lowest BCUT2D eigenvalue weighted by molar-refractivity contribution is -0.0363. The normalized spacial score (nSPS) is 28.3. The number of fused-ring (bicyclic) bond motifs is 2. The number of H-pyrrole nitrogens is 1. The molecule has 0 spiro atoms. The standard InChI is InChI=1S/C29H35FN4O5/c30-21-13-22-23(14-26(32-22)39-25-16-37-28-24(35)15-36-29(25)28)33-27(21)17-1-3-18(4-2-17)34-11-7-20(8-12-34)38-19-5-9-31-10-6-19/h1-4,13-14,19-20,24-25,28-29,31-32,35H,5-12,15-16H2/t24-,25-,28-,29-/m1/s1. The Bertz CT molecular complexity index is 1290. The zero-order valence-corrected chi connectivity index (χ0v) is 21.9. The third-order valence-corrected chi connectivity index (χ3v) is 8.41. The fraction of sp³-hybridized carbons (Fsp3) is 0.552. The lowest BCUT2D eigenvalue weighted by atomic mass is 10.0. The van der Waals surface area contributed by atoms with Crippen LogP contribution in [0.5, 0.6) is 5.88 Å². The predicted octanol–water partition coefficient (Wildman–Crippen LogP) is 3.01. The van der Waals surface area contributed by atoms with Crippen LogP contribution in [0, 0.1) is 5.82 Å².